The van der Waals surface area contributed by atoms with E-state index < -0.39 is 12.0 Å². The minimum atomic E-state index is -0.928. The summed E-state index contributed by atoms with van der Waals surface area (Å²) in [6, 6.07) is 6.02. The molecule has 1 N–H and O–H groups in total. The highest BCUT2D eigenvalue weighted by Crippen LogP contribution is 2.15. The molecular weight excluding hydrogens is 640 g/mol. The van der Waals surface area contributed by atoms with E-state index in [0.29, 0.717) is 31.1 Å². The Kier molecular flexibility index (Phi) is 28.2. The van der Waals surface area contributed by atoms with Crippen molar-refractivity contribution < 1.29 is 33.1 Å². The molecule has 0 saturated heterocycles. The number of rotatable bonds is 34. The SMILES string of the molecule is CCCCCCCCCCCCOC(=O)CCC(NC(=O)c1ccc(OCCCC[N+](C)(C)C)cc1)C(=O)OCCCCCCCCCCCC. The van der Waals surface area contributed by atoms with Gasteiger partial charge in [-0.2, -0.15) is 0 Å². The average molecular weight is 718 g/mol. The summed E-state index contributed by atoms with van der Waals surface area (Å²) in [5, 5.41) is 2.82. The molecule has 1 aromatic carbocycles. The Morgan fingerprint density at radius 3 is 1.53 bits per heavy atom. The van der Waals surface area contributed by atoms with E-state index in [1.54, 1.807) is 24.3 Å². The van der Waals surface area contributed by atoms with E-state index >= 15 is 0 Å². The summed E-state index contributed by atoms with van der Waals surface area (Å²) in [5.74, 6) is -0.537. The number of carbonyl (C=O) groups is 3. The van der Waals surface area contributed by atoms with Crippen molar-refractivity contribution >= 4 is 17.8 Å². The number of nitrogens with zero attached hydrogens (tertiary/aromatic N) is 1. The van der Waals surface area contributed by atoms with Gasteiger partial charge in [0.1, 0.15) is 11.8 Å². The molecule has 0 bridgehead atoms. The minimum Gasteiger partial charge on any atom is -0.494 e. The summed E-state index contributed by atoms with van der Waals surface area (Å²) < 4.78 is 17.9. The zero-order valence-corrected chi connectivity index (χ0v) is 33.6. The number of quaternary nitrogens is 1. The fourth-order valence-corrected chi connectivity index (χ4v) is 6.04. The smallest absolute Gasteiger partial charge is 0.328 e. The van der Waals surface area contributed by atoms with Crippen molar-refractivity contribution in [2.24, 2.45) is 0 Å². The second-order valence-corrected chi connectivity index (χ2v) is 15.4. The van der Waals surface area contributed by atoms with E-state index in [4.69, 9.17) is 14.2 Å². The van der Waals surface area contributed by atoms with Gasteiger partial charge in [0, 0.05) is 12.0 Å². The summed E-state index contributed by atoms with van der Waals surface area (Å²) in [5.41, 5.74) is 0.420. The largest absolute Gasteiger partial charge is 0.494 e. The number of esters is 2. The van der Waals surface area contributed by atoms with E-state index in [9.17, 15) is 14.4 Å². The molecule has 0 radical (unpaired) electrons. The van der Waals surface area contributed by atoms with Crippen LogP contribution >= 0.6 is 0 Å². The van der Waals surface area contributed by atoms with Crippen LogP contribution in [0, 0.1) is 0 Å². The molecule has 0 aliphatic rings. The summed E-state index contributed by atoms with van der Waals surface area (Å²) in [7, 11) is 6.54. The van der Waals surface area contributed by atoms with E-state index in [1.807, 2.05) is 0 Å². The summed E-state index contributed by atoms with van der Waals surface area (Å²) >= 11 is 0. The first-order chi connectivity index (χ1) is 24.7. The lowest BCUT2D eigenvalue weighted by Crippen LogP contribution is -2.42. The molecule has 294 valence electrons. The molecule has 1 aromatic rings. The fraction of sp³-hybridized carbons (Fsp3) is 0.791. The van der Waals surface area contributed by atoms with E-state index in [2.05, 4.69) is 40.3 Å². The molecule has 51 heavy (non-hydrogen) atoms. The zero-order chi connectivity index (χ0) is 37.4. The normalized spacial score (nSPS) is 12.0. The second kappa shape index (κ2) is 31.0. The maximum atomic E-state index is 13.2. The molecular formula is C43H77N2O6+. The predicted octanol–water partition coefficient (Wildman–Crippen LogP) is 10.4. The monoisotopic (exact) mass is 718 g/mol. The quantitative estimate of drug-likeness (QED) is 0.0434. The number of carbonyl (C=O) groups excluding carboxylic acids is 3. The predicted molar refractivity (Wildman–Crippen MR) is 210 cm³/mol. The first-order valence-corrected chi connectivity index (χ1v) is 20.8. The molecule has 0 saturated carbocycles. The van der Waals surface area contributed by atoms with Crippen LogP contribution in [0.3, 0.4) is 0 Å². The highest BCUT2D eigenvalue weighted by atomic mass is 16.5. The Hall–Kier alpha value is -2.61. The molecule has 0 fully saturated rings. The van der Waals surface area contributed by atoms with E-state index in [1.165, 1.54) is 89.9 Å². The standard InChI is InChI=1S/C43H76N2O6/c1-6-8-10-12-14-16-18-20-22-25-36-50-41(46)33-32-40(43(48)51-37-26-23-21-19-17-15-13-11-9-7-2)44-42(47)38-28-30-39(31-29-38)49-35-27-24-34-45(3,4)5/h28-31,40H,6-27,32-37H2,1-5H3/p+1. The van der Waals surface area contributed by atoms with E-state index in [-0.39, 0.29) is 24.7 Å². The molecule has 1 atom stereocenters. The van der Waals surface area contributed by atoms with E-state index in [0.717, 1.165) is 62.4 Å². The molecule has 0 aliphatic heterocycles. The molecule has 1 unspecified atom stereocenters. The van der Waals surface area contributed by atoms with Gasteiger partial charge < -0.3 is 24.0 Å². The van der Waals surface area contributed by atoms with Crippen molar-refractivity contribution in [3.05, 3.63) is 29.8 Å². The van der Waals surface area contributed by atoms with Gasteiger partial charge in [-0.25, -0.2) is 4.79 Å². The summed E-state index contributed by atoms with van der Waals surface area (Å²) in [6.07, 6.45) is 26.3. The van der Waals surface area contributed by atoms with Crippen LogP contribution in [-0.2, 0) is 19.1 Å². The molecule has 0 heterocycles. The van der Waals surface area contributed by atoms with Gasteiger partial charge in [0.25, 0.3) is 5.91 Å². The number of hydrogen-bond acceptors (Lipinski definition) is 6. The van der Waals surface area contributed by atoms with Crippen molar-refractivity contribution in [3.63, 3.8) is 0 Å². The first-order valence-electron chi connectivity index (χ1n) is 20.8. The lowest BCUT2D eigenvalue weighted by Gasteiger charge is -2.23. The van der Waals surface area contributed by atoms with Crippen LogP contribution < -0.4 is 10.1 Å². The molecule has 0 aromatic heterocycles. The van der Waals surface area contributed by atoms with Crippen molar-refractivity contribution in [1.82, 2.24) is 5.32 Å². The lowest BCUT2D eigenvalue weighted by molar-refractivity contribution is -0.870. The van der Waals surface area contributed by atoms with Crippen LogP contribution in [0.5, 0.6) is 5.75 Å². The maximum absolute atomic E-state index is 13.2. The Morgan fingerprint density at radius 2 is 1.04 bits per heavy atom. The Morgan fingerprint density at radius 1 is 0.588 bits per heavy atom. The van der Waals surface area contributed by atoms with Crippen LogP contribution in [-0.4, -0.2) is 75.9 Å². The third kappa shape index (κ3) is 27.7. The van der Waals surface area contributed by atoms with Crippen LogP contribution in [0.4, 0.5) is 0 Å². The van der Waals surface area contributed by atoms with Crippen molar-refractivity contribution in [1.29, 1.82) is 0 Å². The lowest BCUT2D eigenvalue weighted by atomic mass is 10.1. The minimum absolute atomic E-state index is 0.0386. The highest BCUT2D eigenvalue weighted by molar-refractivity contribution is 5.97. The highest BCUT2D eigenvalue weighted by Gasteiger charge is 2.24. The van der Waals surface area contributed by atoms with Crippen LogP contribution in [0.15, 0.2) is 24.3 Å². The van der Waals surface area contributed by atoms with Gasteiger partial charge >= 0.3 is 11.9 Å². The first kappa shape index (κ1) is 46.4. The molecule has 1 rings (SSSR count). The van der Waals surface area contributed by atoms with Gasteiger partial charge in [-0.1, -0.05) is 129 Å². The van der Waals surface area contributed by atoms with Crippen molar-refractivity contribution in [2.75, 3.05) is 47.5 Å². The van der Waals surface area contributed by atoms with Gasteiger partial charge in [-0.05, 0) is 56.4 Å². The number of amides is 1. The Balaban J connectivity index is 2.51. The molecule has 0 spiro atoms. The van der Waals surface area contributed by atoms with Crippen molar-refractivity contribution in [3.8, 4) is 5.75 Å². The second-order valence-electron chi connectivity index (χ2n) is 15.4. The number of unbranched alkanes of at least 4 members (excludes halogenated alkanes) is 19. The molecule has 8 nitrogen and oxygen atoms in total. The van der Waals surface area contributed by atoms with Crippen LogP contribution in [0.2, 0.25) is 0 Å². The summed E-state index contributed by atoms with van der Waals surface area (Å²) in [6.45, 7) is 6.88. The number of benzene rings is 1. The zero-order valence-electron chi connectivity index (χ0n) is 33.6. The fourth-order valence-electron chi connectivity index (χ4n) is 6.04. The van der Waals surface area contributed by atoms with Gasteiger partial charge in [0.05, 0.1) is 47.5 Å². The average Bonchev–Trinajstić information content (AvgIpc) is 3.10. The molecule has 0 aliphatic carbocycles. The third-order valence-corrected chi connectivity index (χ3v) is 9.34. The summed E-state index contributed by atoms with van der Waals surface area (Å²) in [4.78, 5) is 38.9. The van der Waals surface area contributed by atoms with Gasteiger partial charge in [-0.3, -0.25) is 9.59 Å². The maximum Gasteiger partial charge on any atom is 0.328 e. The number of ether oxygens (including phenoxy) is 3. The van der Waals surface area contributed by atoms with Crippen LogP contribution in [0.1, 0.15) is 178 Å². The number of hydrogen-bond donors (Lipinski definition) is 1. The van der Waals surface area contributed by atoms with Gasteiger partial charge in [0.15, 0.2) is 0 Å². The third-order valence-electron chi connectivity index (χ3n) is 9.34. The van der Waals surface area contributed by atoms with Crippen LogP contribution in [0.25, 0.3) is 0 Å². The topological polar surface area (TPSA) is 90.9 Å². The Labute approximate surface area is 312 Å². The number of nitrogens with one attached hydrogen (secondary N) is 1. The molecule has 1 amide bonds. The van der Waals surface area contributed by atoms with Gasteiger partial charge in [-0.15, -0.1) is 0 Å². The molecule has 8 heteroatoms. The Bertz CT molecular complexity index is 1010. The van der Waals surface area contributed by atoms with Crippen molar-refractivity contribution in [2.45, 2.75) is 174 Å². The van der Waals surface area contributed by atoms with Gasteiger partial charge in [0.2, 0.25) is 0 Å².